The summed E-state index contributed by atoms with van der Waals surface area (Å²) in [5.41, 5.74) is 3.88. The second-order valence-electron chi connectivity index (χ2n) is 11.0. The standard InChI is InChI=1S/C28H37N5O2/c1-18(2)33-16-23-25(27(33)34)30-28(32-14-15-35-24(17-32)21-8-9-21)31-26(23)29-22-12-10-20(11-13-22)19-6-4-3-5-7-19/h10-13,18-19,21,24H,3-9,14-17H2,1-2H3,(H,29,30,31)/t24-/m0/s1. The van der Waals surface area contributed by atoms with Gasteiger partial charge in [-0.15, -0.1) is 0 Å². The predicted molar refractivity (Wildman–Crippen MR) is 137 cm³/mol. The summed E-state index contributed by atoms with van der Waals surface area (Å²) in [5.74, 6) is 2.73. The molecule has 2 aliphatic carbocycles. The smallest absolute Gasteiger partial charge is 0.273 e. The Morgan fingerprint density at radius 2 is 1.80 bits per heavy atom. The van der Waals surface area contributed by atoms with Crippen molar-refractivity contribution in [2.45, 2.75) is 83.4 Å². The number of nitrogens with one attached hydrogen (secondary N) is 1. The van der Waals surface area contributed by atoms with E-state index in [1.54, 1.807) is 0 Å². The number of ether oxygens (including phenoxy) is 1. The maximum absolute atomic E-state index is 13.2. The number of anilines is 3. The molecule has 2 aromatic rings. The molecule has 186 valence electrons. The van der Waals surface area contributed by atoms with Crippen molar-refractivity contribution in [3.8, 4) is 0 Å². The van der Waals surface area contributed by atoms with Crippen LogP contribution in [0.2, 0.25) is 0 Å². The number of hydrogen-bond donors (Lipinski definition) is 1. The first-order valence-electron chi connectivity index (χ1n) is 13.5. The Labute approximate surface area is 208 Å². The van der Waals surface area contributed by atoms with E-state index in [0.717, 1.165) is 30.2 Å². The zero-order valence-electron chi connectivity index (χ0n) is 21.0. The molecule has 7 nitrogen and oxygen atoms in total. The van der Waals surface area contributed by atoms with E-state index in [9.17, 15) is 4.79 Å². The summed E-state index contributed by atoms with van der Waals surface area (Å²) in [5, 5.41) is 3.55. The minimum Gasteiger partial charge on any atom is -0.374 e. The summed E-state index contributed by atoms with van der Waals surface area (Å²) in [6.07, 6.45) is 9.37. The number of hydrogen-bond acceptors (Lipinski definition) is 6. The Kier molecular flexibility index (Phi) is 6.13. The molecule has 6 rings (SSSR count). The first-order valence-corrected chi connectivity index (χ1v) is 13.5. The highest BCUT2D eigenvalue weighted by molar-refractivity contribution is 5.98. The van der Waals surface area contributed by atoms with Gasteiger partial charge in [0, 0.05) is 30.4 Å². The molecule has 1 atom stereocenters. The van der Waals surface area contributed by atoms with E-state index >= 15 is 0 Å². The van der Waals surface area contributed by atoms with Gasteiger partial charge >= 0.3 is 0 Å². The average Bonchev–Trinajstić information content (AvgIpc) is 3.68. The minimum absolute atomic E-state index is 0.00125. The highest BCUT2D eigenvalue weighted by Gasteiger charge is 2.38. The van der Waals surface area contributed by atoms with Crippen molar-refractivity contribution in [3.05, 3.63) is 41.1 Å². The van der Waals surface area contributed by atoms with Gasteiger partial charge in [0.2, 0.25) is 5.95 Å². The van der Waals surface area contributed by atoms with Crippen LogP contribution in [0.15, 0.2) is 24.3 Å². The van der Waals surface area contributed by atoms with E-state index in [0.29, 0.717) is 36.6 Å². The molecule has 4 aliphatic rings. The molecule has 7 heteroatoms. The molecule has 2 aliphatic heterocycles. The highest BCUT2D eigenvalue weighted by atomic mass is 16.5. The van der Waals surface area contributed by atoms with Gasteiger partial charge in [-0.2, -0.15) is 4.98 Å². The van der Waals surface area contributed by atoms with Gasteiger partial charge in [-0.05, 0) is 69.1 Å². The second-order valence-corrected chi connectivity index (χ2v) is 11.0. The number of aromatic nitrogens is 2. The maximum Gasteiger partial charge on any atom is 0.273 e. The van der Waals surface area contributed by atoms with Gasteiger partial charge in [0.05, 0.1) is 19.3 Å². The zero-order chi connectivity index (χ0) is 23.9. The number of rotatable bonds is 6. The fourth-order valence-corrected chi connectivity index (χ4v) is 5.86. The molecular weight excluding hydrogens is 438 g/mol. The van der Waals surface area contributed by atoms with Crippen LogP contribution in [0.4, 0.5) is 17.5 Å². The number of benzene rings is 1. The van der Waals surface area contributed by atoms with Crippen molar-refractivity contribution in [1.29, 1.82) is 0 Å². The first kappa shape index (κ1) is 22.8. The average molecular weight is 476 g/mol. The van der Waals surface area contributed by atoms with Crippen molar-refractivity contribution in [1.82, 2.24) is 14.9 Å². The Morgan fingerprint density at radius 3 is 2.51 bits per heavy atom. The zero-order valence-corrected chi connectivity index (χ0v) is 21.0. The van der Waals surface area contributed by atoms with Crippen molar-refractivity contribution in [2.75, 3.05) is 29.9 Å². The number of carbonyl (C=O) groups is 1. The first-order chi connectivity index (χ1) is 17.1. The van der Waals surface area contributed by atoms with Crippen LogP contribution in [-0.2, 0) is 11.3 Å². The minimum atomic E-state index is 0.00125. The topological polar surface area (TPSA) is 70.6 Å². The summed E-state index contributed by atoms with van der Waals surface area (Å²) in [4.78, 5) is 27.1. The molecule has 3 heterocycles. The largest absolute Gasteiger partial charge is 0.374 e. The third kappa shape index (κ3) is 4.63. The molecule has 1 amide bonds. The lowest BCUT2D eigenvalue weighted by Crippen LogP contribution is -2.44. The van der Waals surface area contributed by atoms with E-state index in [-0.39, 0.29) is 18.1 Å². The molecule has 1 aromatic heterocycles. The molecule has 1 N–H and O–H groups in total. The molecule has 0 bridgehead atoms. The van der Waals surface area contributed by atoms with Crippen LogP contribution in [0.3, 0.4) is 0 Å². The Balaban J connectivity index is 1.29. The molecule has 1 saturated heterocycles. The molecule has 1 aromatic carbocycles. The van der Waals surface area contributed by atoms with Gasteiger partial charge in [-0.1, -0.05) is 31.4 Å². The summed E-state index contributed by atoms with van der Waals surface area (Å²) < 4.78 is 6.01. The lowest BCUT2D eigenvalue weighted by molar-refractivity contribution is 0.0258. The molecular formula is C28H37N5O2. The van der Waals surface area contributed by atoms with Gasteiger partial charge in [0.15, 0.2) is 0 Å². The van der Waals surface area contributed by atoms with Crippen LogP contribution >= 0.6 is 0 Å². The Bertz CT molecular complexity index is 1080. The molecule has 35 heavy (non-hydrogen) atoms. The van der Waals surface area contributed by atoms with Crippen LogP contribution in [-0.4, -0.2) is 52.6 Å². The quantitative estimate of drug-likeness (QED) is 0.616. The molecule has 3 fully saturated rings. The molecule has 0 unspecified atom stereocenters. The summed E-state index contributed by atoms with van der Waals surface area (Å²) >= 11 is 0. The van der Waals surface area contributed by atoms with E-state index in [1.807, 2.05) is 4.90 Å². The Morgan fingerprint density at radius 1 is 1.03 bits per heavy atom. The van der Waals surface area contributed by atoms with Crippen molar-refractivity contribution >= 4 is 23.4 Å². The molecule has 0 radical (unpaired) electrons. The van der Waals surface area contributed by atoms with E-state index in [2.05, 4.69) is 48.3 Å². The number of fused-ring (bicyclic) bond motifs is 1. The molecule has 2 saturated carbocycles. The number of morpholine rings is 1. The van der Waals surface area contributed by atoms with Gasteiger partial charge < -0.3 is 19.9 Å². The normalized spacial score (nSPS) is 23.2. The fraction of sp³-hybridized carbons (Fsp3) is 0.607. The van der Waals surface area contributed by atoms with Crippen LogP contribution < -0.4 is 10.2 Å². The van der Waals surface area contributed by atoms with Crippen LogP contribution in [0.25, 0.3) is 0 Å². The van der Waals surface area contributed by atoms with Gasteiger partial charge in [-0.3, -0.25) is 4.79 Å². The third-order valence-corrected chi connectivity index (χ3v) is 8.18. The SMILES string of the molecule is CC(C)N1Cc2c(Nc3ccc(C4CCCCC4)cc3)nc(N3CCO[C@H](C4CC4)C3)nc2C1=O. The lowest BCUT2D eigenvalue weighted by Gasteiger charge is -2.33. The number of carbonyl (C=O) groups excluding carboxylic acids is 1. The summed E-state index contributed by atoms with van der Waals surface area (Å²) in [7, 11) is 0. The number of amides is 1. The van der Waals surface area contributed by atoms with Gasteiger partial charge in [0.1, 0.15) is 11.5 Å². The van der Waals surface area contributed by atoms with Gasteiger partial charge in [-0.25, -0.2) is 4.98 Å². The summed E-state index contributed by atoms with van der Waals surface area (Å²) in [6.45, 7) is 6.87. The maximum atomic E-state index is 13.2. The van der Waals surface area contributed by atoms with E-state index < -0.39 is 0 Å². The van der Waals surface area contributed by atoms with Crippen molar-refractivity contribution in [3.63, 3.8) is 0 Å². The summed E-state index contributed by atoms with van der Waals surface area (Å²) in [6, 6.07) is 8.95. The van der Waals surface area contributed by atoms with E-state index in [1.165, 1.54) is 50.5 Å². The fourth-order valence-electron chi connectivity index (χ4n) is 5.86. The highest BCUT2D eigenvalue weighted by Crippen LogP contribution is 2.38. The second kappa shape index (κ2) is 9.41. The van der Waals surface area contributed by atoms with Crippen molar-refractivity contribution in [2.24, 2.45) is 5.92 Å². The van der Waals surface area contributed by atoms with Crippen LogP contribution in [0, 0.1) is 5.92 Å². The van der Waals surface area contributed by atoms with E-state index in [4.69, 9.17) is 14.7 Å². The van der Waals surface area contributed by atoms with Crippen LogP contribution in [0.5, 0.6) is 0 Å². The van der Waals surface area contributed by atoms with Crippen molar-refractivity contribution < 1.29 is 9.53 Å². The molecule has 0 spiro atoms. The van der Waals surface area contributed by atoms with Crippen LogP contribution in [0.1, 0.15) is 86.3 Å². The third-order valence-electron chi connectivity index (χ3n) is 8.18. The van der Waals surface area contributed by atoms with Gasteiger partial charge in [0.25, 0.3) is 5.91 Å². The predicted octanol–water partition coefficient (Wildman–Crippen LogP) is 5.25. The number of nitrogens with zero attached hydrogens (tertiary/aromatic N) is 4. The monoisotopic (exact) mass is 475 g/mol. The Hall–Kier alpha value is -2.67. The lowest BCUT2D eigenvalue weighted by atomic mass is 9.84.